The number of hydrogen-bond acceptors (Lipinski definition) is 2. The average Bonchev–Trinajstić information content (AvgIpc) is 1.76. The molecule has 0 aliphatic carbocycles. The van der Waals surface area contributed by atoms with Gasteiger partial charge in [-0.3, -0.25) is 0 Å². The van der Waals surface area contributed by atoms with E-state index in [-0.39, 0.29) is 0 Å². The van der Waals surface area contributed by atoms with Crippen LogP contribution in [0.25, 0.3) is 0 Å². The molecule has 0 atom stereocenters. The Kier molecular flexibility index (Phi) is 0.146. The molecule has 0 aromatic heterocycles. The number of nitroso groups, excluding NO2 is 1. The monoisotopic (exact) mass is 96.1 g/mol. The Bertz CT molecular complexity index is 210. The number of nitrogens with zero attached hydrogens (tertiary/aromatic N) is 1. The van der Waals surface area contributed by atoms with Crippen molar-refractivity contribution in [3.05, 3.63) is 4.91 Å². The first-order valence-electron chi connectivity index (χ1n) is 5.66. The topological polar surface area (TPSA) is 29.4 Å². The molecule has 0 aliphatic heterocycles. The molecule has 0 radical (unpaired) electrons. The molecule has 0 saturated carbocycles. The highest BCUT2D eigenvalue weighted by Gasteiger charge is 2.06. The standard InChI is InChI=1S/C4H9NO/c1-4(2,3)5-6/h1-3H3/i1D3,2D3,3D3. The van der Waals surface area contributed by atoms with Gasteiger partial charge in [0.1, 0.15) is 0 Å². The van der Waals surface area contributed by atoms with Gasteiger partial charge in [0.15, 0.2) is 0 Å². The summed E-state index contributed by atoms with van der Waals surface area (Å²) in [6.07, 6.45) is 0. The minimum absolute atomic E-state index is 1.90. The zero-order chi connectivity index (χ0) is 12.7. The molecule has 36 valence electrons. The van der Waals surface area contributed by atoms with Crippen LogP contribution in [0.3, 0.4) is 0 Å². The van der Waals surface area contributed by atoms with Crippen molar-refractivity contribution in [3.63, 3.8) is 0 Å². The van der Waals surface area contributed by atoms with Crippen molar-refractivity contribution in [3.8, 4) is 0 Å². The molecule has 0 amide bonds. The Balaban J connectivity index is 5.89. The molecule has 0 aliphatic rings. The molecule has 2 nitrogen and oxygen atoms in total. The summed E-state index contributed by atoms with van der Waals surface area (Å²) in [6, 6.07) is 0. The second kappa shape index (κ2) is 1.37. The maximum absolute atomic E-state index is 10.4. The molecule has 0 aromatic rings. The largest absolute Gasteiger partial charge is 0.150 e. The van der Waals surface area contributed by atoms with E-state index in [4.69, 9.17) is 12.3 Å². The predicted molar refractivity (Wildman–Crippen MR) is 25.5 cm³/mol. The molecule has 0 N–H and O–H groups in total. The maximum atomic E-state index is 10.4. The third-order valence-electron chi connectivity index (χ3n) is 0.137. The lowest BCUT2D eigenvalue weighted by atomic mass is 10.1. The van der Waals surface area contributed by atoms with Crippen molar-refractivity contribution >= 4 is 0 Å². The molecule has 0 spiro atoms. The Labute approximate surface area is 50.2 Å². The van der Waals surface area contributed by atoms with Crippen LogP contribution in [0, 0.1) is 4.91 Å². The van der Waals surface area contributed by atoms with E-state index < -0.39 is 26.1 Å². The van der Waals surface area contributed by atoms with Crippen LogP contribution in [0.2, 0.25) is 0 Å². The fourth-order valence-electron chi connectivity index (χ4n) is 0. The second-order valence-corrected chi connectivity index (χ2v) is 0.802. The molecule has 0 aromatic carbocycles. The van der Waals surface area contributed by atoms with Gasteiger partial charge >= 0.3 is 0 Å². The van der Waals surface area contributed by atoms with Crippen molar-refractivity contribution in [2.75, 3.05) is 0 Å². The van der Waals surface area contributed by atoms with E-state index >= 15 is 0 Å². The molecule has 0 heterocycles. The van der Waals surface area contributed by atoms with Gasteiger partial charge in [0, 0.05) is 12.3 Å². The first-order chi connectivity index (χ1) is 6.31. The van der Waals surface area contributed by atoms with Crippen LogP contribution in [-0.4, -0.2) is 5.54 Å². The predicted octanol–water partition coefficient (Wildman–Crippen LogP) is 1.55. The van der Waals surface area contributed by atoms with Crippen molar-refractivity contribution in [1.82, 2.24) is 0 Å². The quantitative estimate of drug-likeness (QED) is 0.421. The minimum atomic E-state index is -3.58. The summed E-state index contributed by atoms with van der Waals surface area (Å²) in [7, 11) is 0. The highest BCUT2D eigenvalue weighted by Crippen LogP contribution is 2.02. The molecule has 0 fully saturated rings. The zero-order valence-electron chi connectivity index (χ0n) is 11.9. The van der Waals surface area contributed by atoms with E-state index in [1.54, 1.807) is 0 Å². The van der Waals surface area contributed by atoms with Crippen LogP contribution >= 0.6 is 0 Å². The Morgan fingerprint density at radius 2 is 2.17 bits per heavy atom. The molecule has 0 unspecified atom stereocenters. The first-order valence-corrected chi connectivity index (χ1v) is 1.16. The number of rotatable bonds is 0. The molecular weight excluding hydrogens is 78.0 g/mol. The molecule has 0 saturated heterocycles. The second-order valence-electron chi connectivity index (χ2n) is 0.802. The third-order valence-corrected chi connectivity index (χ3v) is 0.137. The SMILES string of the molecule is [2H]C([2H])([2H])C(N=O)(C([2H])([2H])[2H])C([2H])([2H])[2H]. The van der Waals surface area contributed by atoms with Crippen LogP contribution in [-0.2, 0) is 0 Å². The lowest BCUT2D eigenvalue weighted by Gasteiger charge is -2.01. The lowest BCUT2D eigenvalue weighted by molar-refractivity contribution is 0.578. The zero-order valence-corrected chi connectivity index (χ0v) is 2.86. The summed E-state index contributed by atoms with van der Waals surface area (Å²) < 4.78 is 61.8. The van der Waals surface area contributed by atoms with Gasteiger partial charge < -0.3 is 0 Å². The molecular formula is C4H9NO. The van der Waals surface area contributed by atoms with Gasteiger partial charge in [-0.15, -0.1) is 0 Å². The van der Waals surface area contributed by atoms with Gasteiger partial charge in [0.25, 0.3) is 0 Å². The maximum Gasteiger partial charge on any atom is 0.0942 e. The minimum Gasteiger partial charge on any atom is -0.150 e. The van der Waals surface area contributed by atoms with Crippen LogP contribution in [0.1, 0.15) is 32.9 Å². The van der Waals surface area contributed by atoms with E-state index in [0.717, 1.165) is 0 Å². The highest BCUT2D eigenvalue weighted by atomic mass is 16.3. The lowest BCUT2D eigenvalue weighted by Crippen LogP contribution is -2.06. The summed E-state index contributed by atoms with van der Waals surface area (Å²) in [5.41, 5.74) is -3.58. The van der Waals surface area contributed by atoms with E-state index in [1.165, 1.54) is 0 Å². The van der Waals surface area contributed by atoms with Gasteiger partial charge in [-0.2, -0.15) is 4.91 Å². The first kappa shape index (κ1) is 0.641. The summed E-state index contributed by atoms with van der Waals surface area (Å²) >= 11 is 0. The van der Waals surface area contributed by atoms with E-state index in [0.29, 0.717) is 0 Å². The Hall–Kier alpha value is -0.400. The fraction of sp³-hybridized carbons (Fsp3) is 1.00. The van der Waals surface area contributed by atoms with Crippen LogP contribution in [0.15, 0.2) is 5.18 Å². The van der Waals surface area contributed by atoms with Gasteiger partial charge in [-0.1, -0.05) is 5.18 Å². The molecule has 0 bridgehead atoms. The van der Waals surface area contributed by atoms with Crippen molar-refractivity contribution < 1.29 is 12.3 Å². The molecule has 2 heteroatoms. The van der Waals surface area contributed by atoms with Crippen LogP contribution in [0.4, 0.5) is 0 Å². The van der Waals surface area contributed by atoms with E-state index in [1.807, 2.05) is 5.18 Å². The van der Waals surface area contributed by atoms with Crippen LogP contribution in [0.5, 0.6) is 0 Å². The van der Waals surface area contributed by atoms with E-state index in [2.05, 4.69) is 0 Å². The Morgan fingerprint density at radius 3 is 2.17 bits per heavy atom. The summed E-state index contributed by atoms with van der Waals surface area (Å²) in [4.78, 5) is 10.4. The summed E-state index contributed by atoms with van der Waals surface area (Å²) in [6.45, 7) is -10.6. The van der Waals surface area contributed by atoms with E-state index in [9.17, 15) is 4.91 Å². The smallest absolute Gasteiger partial charge is 0.0942 e. The fourth-order valence-corrected chi connectivity index (χ4v) is 0. The molecule has 0 rings (SSSR count). The summed E-state index contributed by atoms with van der Waals surface area (Å²) in [5, 5.41) is 1.90. The van der Waals surface area contributed by atoms with Crippen molar-refractivity contribution in [2.24, 2.45) is 5.18 Å². The molecule has 6 heavy (non-hydrogen) atoms. The Morgan fingerprint density at radius 1 is 1.67 bits per heavy atom. The normalized spacial score (nSPS) is 39.7. The highest BCUT2D eigenvalue weighted by molar-refractivity contribution is 4.66. The van der Waals surface area contributed by atoms with Crippen LogP contribution < -0.4 is 0 Å². The summed E-state index contributed by atoms with van der Waals surface area (Å²) in [5.74, 6) is 0. The van der Waals surface area contributed by atoms with Gasteiger partial charge in [0.05, 0.1) is 5.54 Å². The van der Waals surface area contributed by atoms with Gasteiger partial charge in [-0.05, 0) is 20.6 Å². The van der Waals surface area contributed by atoms with Crippen molar-refractivity contribution in [1.29, 1.82) is 0 Å². The van der Waals surface area contributed by atoms with Gasteiger partial charge in [0.2, 0.25) is 0 Å². The number of hydrogen-bond donors (Lipinski definition) is 0. The average molecular weight is 96.2 g/mol. The third kappa shape index (κ3) is 3.60. The van der Waals surface area contributed by atoms with Crippen molar-refractivity contribution in [2.45, 2.75) is 26.1 Å². The van der Waals surface area contributed by atoms with Gasteiger partial charge in [-0.25, -0.2) is 0 Å².